The molecule has 2 aromatic heterocycles. The number of hydrogen-bond donors (Lipinski definition) is 0. The predicted molar refractivity (Wildman–Crippen MR) is 60.6 cm³/mol. The topological polar surface area (TPSA) is 43.6 Å². The summed E-state index contributed by atoms with van der Waals surface area (Å²) in [6, 6.07) is 3.86. The number of imidazole rings is 1. The molecule has 2 rings (SSSR count). The van der Waals surface area contributed by atoms with Gasteiger partial charge in [-0.2, -0.15) is 0 Å². The molecular formula is C12H14N2O2. The number of aromatic nitrogens is 2. The number of pyridine rings is 1. The maximum atomic E-state index is 11.6. The molecule has 2 aromatic rings. The molecule has 0 bridgehead atoms. The minimum atomic E-state index is -0.360. The molecule has 0 saturated heterocycles. The van der Waals surface area contributed by atoms with Gasteiger partial charge in [-0.15, -0.1) is 0 Å². The number of hydrogen-bond acceptors (Lipinski definition) is 3. The largest absolute Gasteiger partial charge is 0.461 e. The molecule has 0 aliphatic heterocycles. The first kappa shape index (κ1) is 10.7. The minimum Gasteiger partial charge on any atom is -0.461 e. The third-order valence-corrected chi connectivity index (χ3v) is 2.47. The third-order valence-electron chi connectivity index (χ3n) is 2.47. The quantitative estimate of drug-likeness (QED) is 0.725. The van der Waals surface area contributed by atoms with E-state index in [1.165, 1.54) is 0 Å². The van der Waals surface area contributed by atoms with Gasteiger partial charge in [0.15, 0.2) is 5.69 Å². The summed E-state index contributed by atoms with van der Waals surface area (Å²) in [7, 11) is 0. The van der Waals surface area contributed by atoms with E-state index in [4.69, 9.17) is 4.74 Å². The fraction of sp³-hybridized carbons (Fsp3) is 0.333. The molecule has 0 unspecified atom stereocenters. The van der Waals surface area contributed by atoms with Gasteiger partial charge in [-0.05, 0) is 32.4 Å². The molecule has 0 amide bonds. The van der Waals surface area contributed by atoms with E-state index in [0.717, 1.165) is 16.9 Å². The van der Waals surface area contributed by atoms with Gasteiger partial charge in [0.2, 0.25) is 0 Å². The van der Waals surface area contributed by atoms with Crippen molar-refractivity contribution in [1.82, 2.24) is 9.38 Å². The van der Waals surface area contributed by atoms with Gasteiger partial charge in [0.05, 0.1) is 12.3 Å². The van der Waals surface area contributed by atoms with Crippen molar-refractivity contribution in [2.75, 3.05) is 6.61 Å². The predicted octanol–water partition coefficient (Wildman–Crippen LogP) is 2.13. The van der Waals surface area contributed by atoms with E-state index < -0.39 is 0 Å². The summed E-state index contributed by atoms with van der Waals surface area (Å²) >= 11 is 0. The summed E-state index contributed by atoms with van der Waals surface area (Å²) in [6.45, 7) is 6.02. The molecule has 4 heteroatoms. The highest BCUT2D eigenvalue weighted by molar-refractivity contribution is 5.89. The fourth-order valence-corrected chi connectivity index (χ4v) is 1.66. The Labute approximate surface area is 93.9 Å². The highest BCUT2D eigenvalue weighted by Gasteiger charge is 2.16. The summed E-state index contributed by atoms with van der Waals surface area (Å²) in [5.41, 5.74) is 3.11. The summed E-state index contributed by atoms with van der Waals surface area (Å²) in [6.07, 6.45) is 1.96. The highest BCUT2D eigenvalue weighted by Crippen LogP contribution is 2.13. The van der Waals surface area contributed by atoms with E-state index in [0.29, 0.717) is 12.3 Å². The first-order valence-electron chi connectivity index (χ1n) is 5.26. The Balaban J connectivity index is 2.56. The first-order chi connectivity index (χ1) is 7.63. The molecule has 2 heterocycles. The lowest BCUT2D eigenvalue weighted by Gasteiger charge is -1.99. The highest BCUT2D eigenvalue weighted by atomic mass is 16.5. The lowest BCUT2D eigenvalue weighted by molar-refractivity contribution is 0.0519. The summed E-state index contributed by atoms with van der Waals surface area (Å²) in [4.78, 5) is 15.9. The molecule has 0 aliphatic carbocycles. The zero-order valence-corrected chi connectivity index (χ0v) is 9.65. The maximum absolute atomic E-state index is 11.6. The number of rotatable bonds is 2. The molecule has 0 aliphatic rings. The number of carbonyl (C=O) groups excluding carboxylic acids is 1. The van der Waals surface area contributed by atoms with Crippen LogP contribution >= 0.6 is 0 Å². The average Bonchev–Trinajstić information content (AvgIpc) is 2.57. The monoisotopic (exact) mass is 218 g/mol. The molecule has 16 heavy (non-hydrogen) atoms. The number of esters is 1. The van der Waals surface area contributed by atoms with Gasteiger partial charge in [0, 0.05) is 6.20 Å². The standard InChI is InChI=1S/C12H14N2O2/c1-4-16-12(15)11-9(3)14-7-8(2)5-6-10(14)13-11/h5-7H,4H2,1-3H3. The van der Waals surface area contributed by atoms with Crippen molar-refractivity contribution >= 4 is 11.6 Å². The molecule has 0 aromatic carbocycles. The Hall–Kier alpha value is -1.84. The molecular weight excluding hydrogens is 204 g/mol. The van der Waals surface area contributed by atoms with Crippen LogP contribution in [0.15, 0.2) is 18.3 Å². The second kappa shape index (κ2) is 3.96. The Kier molecular flexibility index (Phi) is 2.64. The van der Waals surface area contributed by atoms with Gasteiger partial charge in [0.25, 0.3) is 0 Å². The number of ether oxygens (including phenoxy) is 1. The molecule has 0 saturated carbocycles. The molecule has 0 N–H and O–H groups in total. The Morgan fingerprint density at radius 1 is 1.44 bits per heavy atom. The van der Waals surface area contributed by atoms with E-state index in [-0.39, 0.29) is 5.97 Å². The van der Waals surface area contributed by atoms with Crippen LogP contribution in [-0.2, 0) is 4.74 Å². The van der Waals surface area contributed by atoms with Crippen molar-refractivity contribution in [1.29, 1.82) is 0 Å². The molecule has 0 spiro atoms. The van der Waals surface area contributed by atoms with Gasteiger partial charge in [-0.3, -0.25) is 0 Å². The molecule has 4 nitrogen and oxygen atoms in total. The van der Waals surface area contributed by atoms with Crippen LogP contribution in [0.4, 0.5) is 0 Å². The van der Waals surface area contributed by atoms with Crippen LogP contribution in [0.1, 0.15) is 28.7 Å². The molecule has 0 atom stereocenters. The Morgan fingerprint density at radius 2 is 2.19 bits per heavy atom. The van der Waals surface area contributed by atoms with Gasteiger partial charge < -0.3 is 9.14 Å². The fourth-order valence-electron chi connectivity index (χ4n) is 1.66. The van der Waals surface area contributed by atoms with Crippen LogP contribution < -0.4 is 0 Å². The van der Waals surface area contributed by atoms with Gasteiger partial charge in [-0.1, -0.05) is 6.07 Å². The molecule has 0 radical (unpaired) electrons. The number of aryl methyl sites for hydroxylation is 2. The number of fused-ring (bicyclic) bond motifs is 1. The van der Waals surface area contributed by atoms with Crippen LogP contribution in [0, 0.1) is 13.8 Å². The van der Waals surface area contributed by atoms with E-state index in [9.17, 15) is 4.79 Å². The maximum Gasteiger partial charge on any atom is 0.358 e. The zero-order valence-electron chi connectivity index (χ0n) is 9.65. The van der Waals surface area contributed by atoms with Crippen LogP contribution in [0.2, 0.25) is 0 Å². The van der Waals surface area contributed by atoms with Crippen LogP contribution in [0.25, 0.3) is 5.65 Å². The lowest BCUT2D eigenvalue weighted by atomic mass is 10.3. The second-order valence-electron chi connectivity index (χ2n) is 3.70. The average molecular weight is 218 g/mol. The number of carbonyl (C=O) groups is 1. The Morgan fingerprint density at radius 3 is 2.88 bits per heavy atom. The van der Waals surface area contributed by atoms with E-state index in [1.807, 2.05) is 36.6 Å². The van der Waals surface area contributed by atoms with Gasteiger partial charge in [-0.25, -0.2) is 9.78 Å². The van der Waals surface area contributed by atoms with Crippen LogP contribution in [0.3, 0.4) is 0 Å². The van der Waals surface area contributed by atoms with Gasteiger partial charge in [0.1, 0.15) is 5.65 Å². The zero-order chi connectivity index (χ0) is 11.7. The molecule has 84 valence electrons. The normalized spacial score (nSPS) is 10.7. The van der Waals surface area contributed by atoms with E-state index >= 15 is 0 Å². The molecule has 0 fully saturated rings. The van der Waals surface area contributed by atoms with Crippen molar-refractivity contribution in [2.24, 2.45) is 0 Å². The van der Waals surface area contributed by atoms with Crippen LogP contribution in [-0.4, -0.2) is 22.0 Å². The number of nitrogens with zero attached hydrogens (tertiary/aromatic N) is 2. The second-order valence-corrected chi connectivity index (χ2v) is 3.70. The van der Waals surface area contributed by atoms with Crippen LogP contribution in [0.5, 0.6) is 0 Å². The van der Waals surface area contributed by atoms with Crippen molar-refractivity contribution in [3.05, 3.63) is 35.3 Å². The first-order valence-corrected chi connectivity index (χ1v) is 5.26. The van der Waals surface area contributed by atoms with Gasteiger partial charge >= 0.3 is 5.97 Å². The summed E-state index contributed by atoms with van der Waals surface area (Å²) in [5.74, 6) is -0.360. The lowest BCUT2D eigenvalue weighted by Crippen LogP contribution is -2.06. The Bertz CT molecular complexity index is 543. The smallest absolute Gasteiger partial charge is 0.358 e. The van der Waals surface area contributed by atoms with Crippen molar-refractivity contribution in [2.45, 2.75) is 20.8 Å². The third kappa shape index (κ3) is 1.66. The van der Waals surface area contributed by atoms with Crippen molar-refractivity contribution in [3.63, 3.8) is 0 Å². The summed E-state index contributed by atoms with van der Waals surface area (Å²) < 4.78 is 6.86. The summed E-state index contributed by atoms with van der Waals surface area (Å²) in [5, 5.41) is 0. The van der Waals surface area contributed by atoms with Crippen molar-refractivity contribution in [3.8, 4) is 0 Å². The van der Waals surface area contributed by atoms with Crippen molar-refractivity contribution < 1.29 is 9.53 Å². The van der Waals surface area contributed by atoms with E-state index in [2.05, 4.69) is 4.98 Å². The minimum absolute atomic E-state index is 0.360. The SMILES string of the molecule is CCOC(=O)c1nc2ccc(C)cn2c1C. The van der Waals surface area contributed by atoms with E-state index in [1.54, 1.807) is 6.92 Å².